The lowest BCUT2D eigenvalue weighted by atomic mass is 10.2. The first kappa shape index (κ1) is 18.2. The van der Waals surface area contributed by atoms with Crippen molar-refractivity contribution >= 4 is 17.2 Å². The summed E-state index contributed by atoms with van der Waals surface area (Å²) in [5, 5.41) is 0.674. The van der Waals surface area contributed by atoms with E-state index in [4.69, 9.17) is 0 Å². The third-order valence-electron chi connectivity index (χ3n) is 4.01. The third-order valence-corrected chi connectivity index (χ3v) is 5.21. The van der Waals surface area contributed by atoms with Crippen molar-refractivity contribution in [2.24, 2.45) is 0 Å². The monoisotopic (exact) mass is 372 g/mol. The van der Waals surface area contributed by atoms with E-state index in [1.165, 1.54) is 35.6 Å². The number of hydrogen-bond acceptors (Lipinski definition) is 3. The molecule has 3 rings (SSSR count). The van der Waals surface area contributed by atoms with E-state index in [-0.39, 0.29) is 17.5 Å². The standard InChI is InChI=1S/C20H18F2N2OS/c1-3-24(12-14-5-4-6-17(22)11-14)20(25)18-13(2)23-19(26-18)15-7-9-16(21)10-8-15/h4-11H,3,12H2,1-2H3. The Kier molecular flexibility index (Phi) is 5.42. The van der Waals surface area contributed by atoms with Gasteiger partial charge < -0.3 is 4.90 Å². The van der Waals surface area contributed by atoms with Gasteiger partial charge in [0, 0.05) is 18.7 Å². The number of hydrogen-bond donors (Lipinski definition) is 0. The van der Waals surface area contributed by atoms with Crippen LogP contribution in [0.25, 0.3) is 10.6 Å². The molecule has 0 saturated carbocycles. The number of carbonyl (C=O) groups is 1. The number of aryl methyl sites for hydroxylation is 1. The van der Waals surface area contributed by atoms with Gasteiger partial charge in [0.25, 0.3) is 5.91 Å². The maximum absolute atomic E-state index is 13.4. The van der Waals surface area contributed by atoms with Crippen LogP contribution in [0.2, 0.25) is 0 Å². The summed E-state index contributed by atoms with van der Waals surface area (Å²) >= 11 is 1.29. The Hall–Kier alpha value is -2.60. The number of amides is 1. The summed E-state index contributed by atoms with van der Waals surface area (Å²) in [5.74, 6) is -0.774. The van der Waals surface area contributed by atoms with Gasteiger partial charge in [-0.3, -0.25) is 4.79 Å². The number of thiazole rings is 1. The second-order valence-corrected chi connectivity index (χ2v) is 6.89. The van der Waals surface area contributed by atoms with Crippen LogP contribution in [0, 0.1) is 18.6 Å². The molecule has 1 amide bonds. The quantitative estimate of drug-likeness (QED) is 0.627. The predicted octanol–water partition coefficient (Wildman–Crippen LogP) is 5.06. The van der Waals surface area contributed by atoms with Crippen LogP contribution in [-0.2, 0) is 6.54 Å². The average Bonchev–Trinajstić information content (AvgIpc) is 3.01. The van der Waals surface area contributed by atoms with Crippen LogP contribution in [-0.4, -0.2) is 22.3 Å². The molecule has 0 atom stereocenters. The largest absolute Gasteiger partial charge is 0.334 e. The number of nitrogens with zero attached hydrogens (tertiary/aromatic N) is 2. The van der Waals surface area contributed by atoms with Crippen LogP contribution < -0.4 is 0 Å². The first-order valence-corrected chi connectivity index (χ1v) is 9.06. The molecule has 0 saturated heterocycles. The van der Waals surface area contributed by atoms with Gasteiger partial charge in [-0.1, -0.05) is 12.1 Å². The van der Waals surface area contributed by atoms with Crippen molar-refractivity contribution < 1.29 is 13.6 Å². The van der Waals surface area contributed by atoms with Crippen LogP contribution in [0.4, 0.5) is 8.78 Å². The average molecular weight is 372 g/mol. The molecular formula is C20H18F2N2OS. The van der Waals surface area contributed by atoms with E-state index in [1.807, 2.05) is 6.92 Å². The van der Waals surface area contributed by atoms with E-state index in [9.17, 15) is 13.6 Å². The highest BCUT2D eigenvalue weighted by Crippen LogP contribution is 2.29. The molecule has 0 aliphatic rings. The Balaban J connectivity index is 1.85. The Bertz CT molecular complexity index is 922. The van der Waals surface area contributed by atoms with E-state index in [2.05, 4.69) is 4.98 Å². The molecule has 0 spiro atoms. The van der Waals surface area contributed by atoms with Crippen LogP contribution in [0.15, 0.2) is 48.5 Å². The zero-order valence-electron chi connectivity index (χ0n) is 14.5. The summed E-state index contributed by atoms with van der Waals surface area (Å²) in [6.45, 7) is 4.50. The van der Waals surface area contributed by atoms with Gasteiger partial charge in [0.1, 0.15) is 21.5 Å². The van der Waals surface area contributed by atoms with Gasteiger partial charge in [0.15, 0.2) is 0 Å². The molecule has 0 N–H and O–H groups in total. The molecule has 0 aliphatic heterocycles. The van der Waals surface area contributed by atoms with Crippen molar-refractivity contribution in [2.75, 3.05) is 6.54 Å². The molecule has 0 unspecified atom stereocenters. The molecule has 3 nitrogen and oxygen atoms in total. The fourth-order valence-corrected chi connectivity index (χ4v) is 3.68. The maximum atomic E-state index is 13.4. The van der Waals surface area contributed by atoms with E-state index in [0.717, 1.165) is 11.1 Å². The lowest BCUT2D eigenvalue weighted by Crippen LogP contribution is -2.30. The molecule has 2 aromatic carbocycles. The molecular weight excluding hydrogens is 354 g/mol. The highest BCUT2D eigenvalue weighted by molar-refractivity contribution is 7.17. The van der Waals surface area contributed by atoms with Gasteiger partial charge in [0.2, 0.25) is 0 Å². The first-order chi connectivity index (χ1) is 12.5. The van der Waals surface area contributed by atoms with Gasteiger partial charge >= 0.3 is 0 Å². The summed E-state index contributed by atoms with van der Waals surface area (Å²) in [4.78, 5) is 19.6. The number of rotatable bonds is 5. The van der Waals surface area contributed by atoms with Gasteiger partial charge in [-0.05, 0) is 55.8 Å². The molecule has 1 aromatic heterocycles. The SMILES string of the molecule is CCN(Cc1cccc(F)c1)C(=O)c1sc(-c2ccc(F)cc2)nc1C. The summed E-state index contributed by atoms with van der Waals surface area (Å²) in [6, 6.07) is 12.3. The maximum Gasteiger partial charge on any atom is 0.266 e. The minimum atomic E-state index is -0.321. The van der Waals surface area contributed by atoms with Crippen LogP contribution >= 0.6 is 11.3 Å². The first-order valence-electron chi connectivity index (χ1n) is 8.25. The van der Waals surface area contributed by atoms with Crippen molar-refractivity contribution in [1.29, 1.82) is 0 Å². The summed E-state index contributed by atoms with van der Waals surface area (Å²) < 4.78 is 26.5. The molecule has 3 aromatic rings. The minimum absolute atomic E-state index is 0.139. The zero-order chi connectivity index (χ0) is 18.7. The zero-order valence-corrected chi connectivity index (χ0v) is 15.3. The predicted molar refractivity (Wildman–Crippen MR) is 99.1 cm³/mol. The van der Waals surface area contributed by atoms with Gasteiger partial charge in [-0.25, -0.2) is 13.8 Å². The topological polar surface area (TPSA) is 33.2 Å². The van der Waals surface area contributed by atoms with Crippen molar-refractivity contribution in [3.05, 3.63) is 76.3 Å². The van der Waals surface area contributed by atoms with Crippen molar-refractivity contribution in [3.8, 4) is 10.6 Å². The summed E-state index contributed by atoms with van der Waals surface area (Å²) in [5.41, 5.74) is 2.14. The van der Waals surface area contributed by atoms with Crippen molar-refractivity contribution in [3.63, 3.8) is 0 Å². The Morgan fingerprint density at radius 3 is 2.50 bits per heavy atom. The lowest BCUT2D eigenvalue weighted by molar-refractivity contribution is 0.0756. The van der Waals surface area contributed by atoms with E-state index in [1.54, 1.807) is 36.1 Å². The fourth-order valence-electron chi connectivity index (χ4n) is 2.64. The smallest absolute Gasteiger partial charge is 0.266 e. The van der Waals surface area contributed by atoms with Crippen LogP contribution in [0.1, 0.15) is 27.9 Å². The minimum Gasteiger partial charge on any atom is -0.334 e. The molecule has 0 bridgehead atoms. The fraction of sp³-hybridized carbons (Fsp3) is 0.200. The lowest BCUT2D eigenvalue weighted by Gasteiger charge is -2.20. The number of carbonyl (C=O) groups excluding carboxylic acids is 1. The second kappa shape index (κ2) is 7.74. The number of benzene rings is 2. The Morgan fingerprint density at radius 2 is 1.85 bits per heavy atom. The van der Waals surface area contributed by atoms with Gasteiger partial charge in [-0.15, -0.1) is 11.3 Å². The highest BCUT2D eigenvalue weighted by atomic mass is 32.1. The molecule has 6 heteroatoms. The molecule has 134 valence electrons. The highest BCUT2D eigenvalue weighted by Gasteiger charge is 2.21. The normalized spacial score (nSPS) is 10.8. The molecule has 0 fully saturated rings. The van der Waals surface area contributed by atoms with Gasteiger partial charge in [-0.2, -0.15) is 0 Å². The Morgan fingerprint density at radius 1 is 1.12 bits per heavy atom. The van der Waals surface area contributed by atoms with Crippen LogP contribution in [0.3, 0.4) is 0 Å². The Labute approximate surface area is 154 Å². The molecule has 26 heavy (non-hydrogen) atoms. The van der Waals surface area contributed by atoms with E-state index < -0.39 is 0 Å². The van der Waals surface area contributed by atoms with Crippen molar-refractivity contribution in [1.82, 2.24) is 9.88 Å². The second-order valence-electron chi connectivity index (χ2n) is 5.89. The molecule has 0 aliphatic carbocycles. The number of aromatic nitrogens is 1. The third kappa shape index (κ3) is 3.96. The van der Waals surface area contributed by atoms with Gasteiger partial charge in [0.05, 0.1) is 5.69 Å². The number of halogens is 2. The summed E-state index contributed by atoms with van der Waals surface area (Å²) in [7, 11) is 0. The van der Waals surface area contributed by atoms with Crippen molar-refractivity contribution in [2.45, 2.75) is 20.4 Å². The van der Waals surface area contributed by atoms with Crippen LogP contribution in [0.5, 0.6) is 0 Å². The molecule has 0 radical (unpaired) electrons. The van der Waals surface area contributed by atoms with E-state index in [0.29, 0.717) is 28.7 Å². The summed E-state index contributed by atoms with van der Waals surface area (Å²) in [6.07, 6.45) is 0. The molecule has 1 heterocycles. The van der Waals surface area contributed by atoms with E-state index >= 15 is 0 Å².